The van der Waals surface area contributed by atoms with Crippen molar-refractivity contribution in [3.63, 3.8) is 0 Å². The molecule has 0 saturated carbocycles. The summed E-state index contributed by atoms with van der Waals surface area (Å²) in [7, 11) is 0. The third kappa shape index (κ3) is 4.13. The fourth-order valence-corrected chi connectivity index (χ4v) is 1.99. The lowest BCUT2D eigenvalue weighted by Gasteiger charge is -2.12. The van der Waals surface area contributed by atoms with Crippen LogP contribution in [0.15, 0.2) is 42.5 Å². The minimum atomic E-state index is -0.219. The van der Waals surface area contributed by atoms with Gasteiger partial charge in [-0.15, -0.1) is 0 Å². The average Bonchev–Trinajstić information content (AvgIpc) is 2.42. The molecule has 0 bridgehead atoms. The fraction of sp³-hybridized carbons (Fsp3) is 0.188. The number of carbonyl (C=O) groups excluding carboxylic acids is 1. The van der Waals surface area contributed by atoms with E-state index in [9.17, 15) is 4.79 Å². The number of benzene rings is 2. The second-order valence-electron chi connectivity index (χ2n) is 4.89. The van der Waals surface area contributed by atoms with Crippen LogP contribution in [0, 0.1) is 0 Å². The number of amides is 1. The fourth-order valence-electron chi connectivity index (χ4n) is 1.77. The molecule has 1 amide bonds. The largest absolute Gasteiger partial charge is 0.489 e. The van der Waals surface area contributed by atoms with Crippen LogP contribution >= 0.6 is 11.6 Å². The molecule has 2 aromatic carbocycles. The number of hydrogen-bond acceptors (Lipinski definition) is 3. The van der Waals surface area contributed by atoms with E-state index >= 15 is 0 Å². The molecule has 0 radical (unpaired) electrons. The van der Waals surface area contributed by atoms with E-state index in [1.54, 1.807) is 42.5 Å². The number of halogens is 1. The molecule has 21 heavy (non-hydrogen) atoms. The number of nitrogens with one attached hydrogen (secondary N) is 1. The van der Waals surface area contributed by atoms with E-state index in [2.05, 4.69) is 5.32 Å². The molecule has 2 aromatic rings. The smallest absolute Gasteiger partial charge is 0.255 e. The van der Waals surface area contributed by atoms with Crippen LogP contribution in [0.1, 0.15) is 24.2 Å². The summed E-state index contributed by atoms with van der Waals surface area (Å²) < 4.78 is 5.54. The minimum absolute atomic E-state index is 0.0396. The van der Waals surface area contributed by atoms with Crippen LogP contribution in [0.5, 0.6) is 5.75 Å². The number of hydrogen-bond donors (Lipinski definition) is 2. The molecule has 0 aromatic heterocycles. The maximum absolute atomic E-state index is 12.1. The number of carbonyl (C=O) groups is 1. The highest BCUT2D eigenvalue weighted by molar-refractivity contribution is 6.32. The van der Waals surface area contributed by atoms with Gasteiger partial charge in [0.2, 0.25) is 0 Å². The summed E-state index contributed by atoms with van der Waals surface area (Å²) in [4.78, 5) is 12.1. The van der Waals surface area contributed by atoms with Crippen LogP contribution in [-0.4, -0.2) is 12.0 Å². The first-order valence-electron chi connectivity index (χ1n) is 6.59. The second kappa shape index (κ2) is 6.50. The summed E-state index contributed by atoms with van der Waals surface area (Å²) in [6, 6.07) is 11.8. The van der Waals surface area contributed by atoms with Gasteiger partial charge in [0, 0.05) is 16.9 Å². The Bertz CT molecular complexity index is 639. The zero-order valence-electron chi connectivity index (χ0n) is 11.9. The van der Waals surface area contributed by atoms with Gasteiger partial charge in [-0.05, 0) is 56.3 Å². The molecular formula is C16H17ClN2O2. The Morgan fingerprint density at radius 2 is 1.86 bits per heavy atom. The van der Waals surface area contributed by atoms with Crippen LogP contribution in [0.2, 0.25) is 5.02 Å². The lowest BCUT2D eigenvalue weighted by molar-refractivity contribution is 0.102. The highest BCUT2D eigenvalue weighted by Gasteiger charge is 2.09. The van der Waals surface area contributed by atoms with Gasteiger partial charge in [-0.1, -0.05) is 11.6 Å². The van der Waals surface area contributed by atoms with E-state index in [4.69, 9.17) is 22.1 Å². The van der Waals surface area contributed by atoms with E-state index in [1.807, 2.05) is 13.8 Å². The van der Waals surface area contributed by atoms with E-state index in [0.717, 1.165) is 0 Å². The molecule has 0 atom stereocenters. The first-order valence-corrected chi connectivity index (χ1v) is 6.96. The zero-order valence-corrected chi connectivity index (χ0v) is 12.6. The topological polar surface area (TPSA) is 64.3 Å². The van der Waals surface area contributed by atoms with Gasteiger partial charge in [-0.2, -0.15) is 0 Å². The van der Waals surface area contributed by atoms with Crippen molar-refractivity contribution in [1.29, 1.82) is 0 Å². The summed E-state index contributed by atoms with van der Waals surface area (Å²) >= 11 is 6.13. The SMILES string of the molecule is CC(C)Oc1ccc(NC(=O)c2ccc(N)cc2)cc1Cl. The molecule has 110 valence electrons. The summed E-state index contributed by atoms with van der Waals surface area (Å²) in [5.74, 6) is 0.376. The minimum Gasteiger partial charge on any atom is -0.489 e. The lowest BCUT2D eigenvalue weighted by Crippen LogP contribution is -2.12. The third-order valence-corrected chi connectivity index (χ3v) is 3.02. The maximum atomic E-state index is 12.1. The highest BCUT2D eigenvalue weighted by Crippen LogP contribution is 2.28. The predicted molar refractivity (Wildman–Crippen MR) is 86.0 cm³/mol. The molecule has 0 unspecified atom stereocenters. The van der Waals surface area contributed by atoms with Gasteiger partial charge in [0.1, 0.15) is 5.75 Å². The molecule has 0 aliphatic carbocycles. The summed E-state index contributed by atoms with van der Waals surface area (Å²) in [6.07, 6.45) is 0.0396. The first-order chi connectivity index (χ1) is 9.95. The van der Waals surface area contributed by atoms with Gasteiger partial charge in [0.25, 0.3) is 5.91 Å². The van der Waals surface area contributed by atoms with E-state index in [-0.39, 0.29) is 12.0 Å². The molecule has 4 nitrogen and oxygen atoms in total. The quantitative estimate of drug-likeness (QED) is 0.840. The van der Waals surface area contributed by atoms with Gasteiger partial charge < -0.3 is 15.8 Å². The summed E-state index contributed by atoms with van der Waals surface area (Å²) in [5.41, 5.74) is 7.35. The molecule has 0 saturated heterocycles. The van der Waals surface area contributed by atoms with Crippen molar-refractivity contribution in [2.24, 2.45) is 0 Å². The predicted octanol–water partition coefficient (Wildman–Crippen LogP) is 3.96. The number of ether oxygens (including phenoxy) is 1. The van der Waals surface area contributed by atoms with Gasteiger partial charge in [0.05, 0.1) is 11.1 Å². The number of anilines is 2. The molecule has 0 fully saturated rings. The van der Waals surface area contributed by atoms with Crippen molar-refractivity contribution in [2.45, 2.75) is 20.0 Å². The van der Waals surface area contributed by atoms with E-state index in [0.29, 0.717) is 27.7 Å². The normalized spacial score (nSPS) is 10.5. The van der Waals surface area contributed by atoms with Crippen molar-refractivity contribution >= 4 is 28.9 Å². The Balaban J connectivity index is 2.11. The zero-order chi connectivity index (χ0) is 15.4. The van der Waals surface area contributed by atoms with Crippen molar-refractivity contribution in [3.8, 4) is 5.75 Å². The van der Waals surface area contributed by atoms with E-state index in [1.165, 1.54) is 0 Å². The molecule has 0 heterocycles. The molecule has 2 rings (SSSR count). The van der Waals surface area contributed by atoms with Gasteiger partial charge in [-0.25, -0.2) is 0 Å². The lowest BCUT2D eigenvalue weighted by atomic mass is 10.2. The second-order valence-corrected chi connectivity index (χ2v) is 5.30. The van der Waals surface area contributed by atoms with Crippen LogP contribution < -0.4 is 15.8 Å². The van der Waals surface area contributed by atoms with Crippen molar-refractivity contribution in [3.05, 3.63) is 53.1 Å². The Kier molecular flexibility index (Phi) is 4.70. The standard InChI is InChI=1S/C16H17ClN2O2/c1-10(2)21-15-8-7-13(9-14(15)17)19-16(20)11-3-5-12(18)6-4-11/h3-10H,18H2,1-2H3,(H,19,20). The Hall–Kier alpha value is -2.20. The number of rotatable bonds is 4. The van der Waals surface area contributed by atoms with Crippen LogP contribution in [-0.2, 0) is 0 Å². The molecule has 0 aliphatic rings. The molecule has 3 N–H and O–H groups in total. The van der Waals surface area contributed by atoms with Crippen LogP contribution in [0.4, 0.5) is 11.4 Å². The number of nitrogen functional groups attached to an aromatic ring is 1. The molecular weight excluding hydrogens is 288 g/mol. The van der Waals surface area contributed by atoms with Crippen LogP contribution in [0.25, 0.3) is 0 Å². The highest BCUT2D eigenvalue weighted by atomic mass is 35.5. The van der Waals surface area contributed by atoms with Gasteiger partial charge in [0.15, 0.2) is 0 Å². The van der Waals surface area contributed by atoms with Gasteiger partial charge in [-0.3, -0.25) is 4.79 Å². The Morgan fingerprint density at radius 1 is 1.19 bits per heavy atom. The van der Waals surface area contributed by atoms with Crippen molar-refractivity contribution < 1.29 is 9.53 Å². The van der Waals surface area contributed by atoms with Crippen LogP contribution in [0.3, 0.4) is 0 Å². The molecule has 5 heteroatoms. The van der Waals surface area contributed by atoms with E-state index < -0.39 is 0 Å². The molecule has 0 aliphatic heterocycles. The monoisotopic (exact) mass is 304 g/mol. The maximum Gasteiger partial charge on any atom is 0.255 e. The Labute approximate surface area is 128 Å². The van der Waals surface area contributed by atoms with Crippen molar-refractivity contribution in [1.82, 2.24) is 0 Å². The molecule has 0 spiro atoms. The average molecular weight is 305 g/mol. The number of nitrogens with two attached hydrogens (primary N) is 1. The van der Waals surface area contributed by atoms with Crippen molar-refractivity contribution in [2.75, 3.05) is 11.1 Å². The Morgan fingerprint density at radius 3 is 2.43 bits per heavy atom. The third-order valence-electron chi connectivity index (χ3n) is 2.73. The summed E-state index contributed by atoms with van der Waals surface area (Å²) in [6.45, 7) is 3.85. The first kappa shape index (κ1) is 15.2. The summed E-state index contributed by atoms with van der Waals surface area (Å²) in [5, 5.41) is 3.24. The van der Waals surface area contributed by atoms with Gasteiger partial charge >= 0.3 is 0 Å².